The van der Waals surface area contributed by atoms with Gasteiger partial charge in [-0.1, -0.05) is 23.2 Å². The van der Waals surface area contributed by atoms with E-state index >= 15 is 0 Å². The van der Waals surface area contributed by atoms with Crippen LogP contribution in [0.15, 0.2) is 18.2 Å². The summed E-state index contributed by atoms with van der Waals surface area (Å²) in [7, 11) is 1.54. The minimum absolute atomic E-state index is 0.0347. The van der Waals surface area contributed by atoms with Crippen LogP contribution in [0.4, 0.5) is 5.69 Å². The van der Waals surface area contributed by atoms with Crippen molar-refractivity contribution in [1.82, 2.24) is 4.90 Å². The fraction of sp³-hybridized carbons (Fsp3) is 0.385. The highest BCUT2D eigenvalue weighted by molar-refractivity contribution is 6.42. The molecular weight excluding hydrogens is 303 g/mol. The molecule has 0 heterocycles. The van der Waals surface area contributed by atoms with E-state index in [0.29, 0.717) is 22.3 Å². The van der Waals surface area contributed by atoms with Crippen LogP contribution in [-0.4, -0.2) is 43.5 Å². The van der Waals surface area contributed by atoms with Gasteiger partial charge < -0.3 is 15.0 Å². The number of hydrogen-bond donors (Lipinski definition) is 1. The normalized spacial score (nSPS) is 10.2. The third-order valence-corrected chi connectivity index (χ3v) is 3.18. The van der Waals surface area contributed by atoms with Gasteiger partial charge in [-0.3, -0.25) is 9.59 Å². The average Bonchev–Trinajstić information content (AvgIpc) is 2.40. The highest BCUT2D eigenvalue weighted by atomic mass is 35.5. The molecule has 20 heavy (non-hydrogen) atoms. The summed E-state index contributed by atoms with van der Waals surface area (Å²) in [6.07, 6.45) is 0. The van der Waals surface area contributed by atoms with Gasteiger partial charge in [0.2, 0.25) is 11.8 Å². The van der Waals surface area contributed by atoms with Crippen molar-refractivity contribution in [2.75, 3.05) is 32.1 Å². The lowest BCUT2D eigenvalue weighted by molar-refractivity contribution is -0.137. The third kappa shape index (κ3) is 5.36. The lowest BCUT2D eigenvalue weighted by atomic mass is 10.3. The summed E-state index contributed by atoms with van der Waals surface area (Å²) in [6, 6.07) is 4.77. The minimum atomic E-state index is -0.323. The van der Waals surface area contributed by atoms with Gasteiger partial charge in [0.25, 0.3) is 0 Å². The van der Waals surface area contributed by atoms with E-state index < -0.39 is 0 Å². The Morgan fingerprint density at radius 1 is 1.30 bits per heavy atom. The second-order valence-corrected chi connectivity index (χ2v) is 4.88. The zero-order valence-electron chi connectivity index (χ0n) is 11.3. The fourth-order valence-corrected chi connectivity index (χ4v) is 1.68. The Morgan fingerprint density at radius 2 is 2.00 bits per heavy atom. The predicted octanol–water partition coefficient (Wildman–Crippen LogP) is 2.43. The maximum Gasteiger partial charge on any atom is 0.248 e. The Kier molecular flexibility index (Phi) is 6.78. The van der Waals surface area contributed by atoms with Crippen molar-refractivity contribution in [3.8, 4) is 0 Å². The van der Waals surface area contributed by atoms with Crippen LogP contribution in [0, 0.1) is 0 Å². The number of nitrogens with one attached hydrogen (secondary N) is 1. The lowest BCUT2D eigenvalue weighted by Crippen LogP contribution is -2.37. The van der Waals surface area contributed by atoms with Crippen LogP contribution in [0.25, 0.3) is 0 Å². The van der Waals surface area contributed by atoms with Crippen molar-refractivity contribution in [3.63, 3.8) is 0 Å². The highest BCUT2D eigenvalue weighted by Crippen LogP contribution is 2.24. The van der Waals surface area contributed by atoms with E-state index in [0.717, 1.165) is 0 Å². The molecule has 0 saturated carbocycles. The Balaban J connectivity index is 2.50. The molecule has 0 unspecified atom stereocenters. The Morgan fingerprint density at radius 3 is 2.60 bits per heavy atom. The number of benzene rings is 1. The van der Waals surface area contributed by atoms with Crippen LogP contribution in [-0.2, 0) is 14.3 Å². The molecule has 0 aliphatic rings. The van der Waals surface area contributed by atoms with Crippen molar-refractivity contribution in [1.29, 1.82) is 0 Å². The number of nitrogens with zero attached hydrogens (tertiary/aromatic N) is 1. The first kappa shape index (κ1) is 16.8. The molecule has 0 aliphatic heterocycles. The number of rotatable bonds is 6. The molecule has 1 rings (SSSR count). The van der Waals surface area contributed by atoms with E-state index in [1.807, 2.05) is 0 Å². The number of likely N-dealkylation sites (N-methyl/N-ethyl adjacent to an activating group) is 1. The number of hydrogen-bond acceptors (Lipinski definition) is 3. The maximum atomic E-state index is 11.8. The number of anilines is 1. The van der Waals surface area contributed by atoms with Crippen molar-refractivity contribution in [2.24, 2.45) is 0 Å². The highest BCUT2D eigenvalue weighted by Gasteiger charge is 2.13. The monoisotopic (exact) mass is 318 g/mol. The maximum absolute atomic E-state index is 11.8. The van der Waals surface area contributed by atoms with Gasteiger partial charge in [0.15, 0.2) is 0 Å². The molecule has 0 radical (unpaired) electrons. The number of carbonyl (C=O) groups excluding carboxylic acids is 2. The van der Waals surface area contributed by atoms with Gasteiger partial charge in [-0.15, -0.1) is 0 Å². The quantitative estimate of drug-likeness (QED) is 0.876. The Hall–Kier alpha value is -1.30. The topological polar surface area (TPSA) is 58.6 Å². The SMILES string of the molecule is CCOCC(=O)N(C)CC(=O)Nc1ccc(Cl)c(Cl)c1. The summed E-state index contributed by atoms with van der Waals surface area (Å²) in [4.78, 5) is 24.6. The summed E-state index contributed by atoms with van der Waals surface area (Å²) < 4.78 is 4.99. The van der Waals surface area contributed by atoms with Crippen LogP contribution in [0.1, 0.15) is 6.92 Å². The standard InChI is InChI=1S/C13H16Cl2N2O3/c1-3-20-8-13(19)17(2)7-12(18)16-9-4-5-10(14)11(15)6-9/h4-6H,3,7-8H2,1-2H3,(H,16,18). The van der Waals surface area contributed by atoms with E-state index in [4.69, 9.17) is 27.9 Å². The van der Waals surface area contributed by atoms with Gasteiger partial charge in [0.05, 0.1) is 16.6 Å². The zero-order chi connectivity index (χ0) is 15.1. The molecule has 1 N–H and O–H groups in total. The molecule has 7 heteroatoms. The lowest BCUT2D eigenvalue weighted by Gasteiger charge is -2.16. The van der Waals surface area contributed by atoms with Gasteiger partial charge in [-0.25, -0.2) is 0 Å². The Labute approximate surface area is 127 Å². The predicted molar refractivity (Wildman–Crippen MR) is 79.2 cm³/mol. The summed E-state index contributed by atoms with van der Waals surface area (Å²) in [5.41, 5.74) is 0.523. The van der Waals surface area contributed by atoms with Crippen molar-refractivity contribution in [3.05, 3.63) is 28.2 Å². The number of ether oxygens (including phenoxy) is 1. The fourth-order valence-electron chi connectivity index (χ4n) is 1.38. The van der Waals surface area contributed by atoms with Gasteiger partial charge in [-0.2, -0.15) is 0 Å². The van der Waals surface area contributed by atoms with Crippen LogP contribution in [0.3, 0.4) is 0 Å². The molecule has 0 atom stereocenters. The summed E-state index contributed by atoms with van der Waals surface area (Å²) in [5.74, 6) is -0.577. The molecule has 110 valence electrons. The van der Waals surface area contributed by atoms with E-state index in [-0.39, 0.29) is 25.0 Å². The molecule has 5 nitrogen and oxygen atoms in total. The first-order chi connectivity index (χ1) is 9.43. The van der Waals surface area contributed by atoms with Gasteiger partial charge in [-0.05, 0) is 25.1 Å². The molecule has 0 spiro atoms. The van der Waals surface area contributed by atoms with Gasteiger partial charge in [0.1, 0.15) is 6.61 Å². The van der Waals surface area contributed by atoms with E-state index in [1.54, 1.807) is 25.1 Å². The summed E-state index contributed by atoms with van der Waals surface area (Å²) in [6.45, 7) is 2.15. The zero-order valence-corrected chi connectivity index (χ0v) is 12.8. The average molecular weight is 319 g/mol. The summed E-state index contributed by atoms with van der Waals surface area (Å²) in [5, 5.41) is 3.40. The number of amides is 2. The Bertz CT molecular complexity index is 495. The van der Waals surface area contributed by atoms with E-state index in [1.165, 1.54) is 11.9 Å². The number of halogens is 2. The van der Waals surface area contributed by atoms with Gasteiger partial charge >= 0.3 is 0 Å². The van der Waals surface area contributed by atoms with E-state index in [2.05, 4.69) is 5.32 Å². The molecular formula is C13H16Cl2N2O3. The van der Waals surface area contributed by atoms with Crippen LogP contribution < -0.4 is 5.32 Å². The van der Waals surface area contributed by atoms with Crippen LogP contribution in [0.5, 0.6) is 0 Å². The molecule has 0 fully saturated rings. The van der Waals surface area contributed by atoms with E-state index in [9.17, 15) is 9.59 Å². The largest absolute Gasteiger partial charge is 0.372 e. The van der Waals surface area contributed by atoms with Crippen LogP contribution in [0.2, 0.25) is 10.0 Å². The molecule has 0 aliphatic carbocycles. The first-order valence-corrected chi connectivity index (χ1v) is 6.76. The molecule has 1 aromatic carbocycles. The van der Waals surface area contributed by atoms with Gasteiger partial charge in [0, 0.05) is 19.3 Å². The molecule has 0 bridgehead atoms. The molecule has 1 aromatic rings. The third-order valence-electron chi connectivity index (χ3n) is 2.44. The second kappa shape index (κ2) is 8.09. The van der Waals surface area contributed by atoms with Crippen molar-refractivity contribution < 1.29 is 14.3 Å². The number of carbonyl (C=O) groups is 2. The van der Waals surface area contributed by atoms with Crippen molar-refractivity contribution >= 4 is 40.7 Å². The van der Waals surface area contributed by atoms with Crippen molar-refractivity contribution in [2.45, 2.75) is 6.92 Å². The molecule has 0 saturated heterocycles. The minimum Gasteiger partial charge on any atom is -0.372 e. The van der Waals surface area contributed by atoms with Crippen LogP contribution >= 0.6 is 23.2 Å². The summed E-state index contributed by atoms with van der Waals surface area (Å²) >= 11 is 11.6. The second-order valence-electron chi connectivity index (χ2n) is 4.06. The molecule has 2 amide bonds. The smallest absolute Gasteiger partial charge is 0.248 e. The first-order valence-electron chi connectivity index (χ1n) is 6.00. The molecule has 0 aromatic heterocycles.